The first kappa shape index (κ1) is 18.0. The van der Waals surface area contributed by atoms with E-state index in [4.69, 9.17) is 0 Å². The van der Waals surface area contributed by atoms with E-state index in [1.807, 2.05) is 0 Å². The second-order valence-electron chi connectivity index (χ2n) is 6.36. The Labute approximate surface area is 125 Å². The van der Waals surface area contributed by atoms with Gasteiger partial charge in [-0.05, 0) is 48.4 Å². The summed E-state index contributed by atoms with van der Waals surface area (Å²) in [6, 6.07) is 5.55. The highest BCUT2D eigenvalue weighted by Crippen LogP contribution is 2.33. The van der Waals surface area contributed by atoms with Crippen molar-refractivity contribution < 1.29 is 13.2 Å². The van der Waals surface area contributed by atoms with Gasteiger partial charge in [0.05, 0.1) is 5.56 Å². The topological polar surface area (TPSA) is 12.0 Å². The maximum atomic E-state index is 12.6. The van der Waals surface area contributed by atoms with E-state index in [1.54, 1.807) is 12.1 Å². The quantitative estimate of drug-likeness (QED) is 0.706. The highest BCUT2D eigenvalue weighted by Gasteiger charge is 2.31. The van der Waals surface area contributed by atoms with Crippen LogP contribution in [0, 0.1) is 11.3 Å². The molecule has 4 heteroatoms. The smallest absolute Gasteiger partial charge is 0.316 e. The monoisotopic (exact) mass is 301 g/mol. The largest absolute Gasteiger partial charge is 0.416 e. The summed E-state index contributed by atoms with van der Waals surface area (Å²) in [5.41, 5.74) is 0.411. The molecular formula is C17H26F3N. The van der Waals surface area contributed by atoms with Crippen LogP contribution in [0.2, 0.25) is 0 Å². The number of halogens is 3. The second kappa shape index (κ2) is 7.30. The molecule has 0 fully saturated rings. The van der Waals surface area contributed by atoms with Gasteiger partial charge in [-0.1, -0.05) is 39.8 Å². The van der Waals surface area contributed by atoms with Crippen LogP contribution in [0.4, 0.5) is 13.2 Å². The normalized spacial score (nSPS) is 15.2. The fourth-order valence-corrected chi connectivity index (χ4v) is 2.30. The molecule has 1 nitrogen and oxygen atoms in total. The van der Waals surface area contributed by atoms with Gasteiger partial charge in [-0.2, -0.15) is 13.2 Å². The number of benzene rings is 1. The summed E-state index contributed by atoms with van der Waals surface area (Å²) in [5.74, 6) is 0.448. The van der Waals surface area contributed by atoms with Gasteiger partial charge in [0.25, 0.3) is 0 Å². The summed E-state index contributed by atoms with van der Waals surface area (Å²) in [4.78, 5) is 0. The van der Waals surface area contributed by atoms with E-state index in [2.05, 4.69) is 33.0 Å². The third-order valence-electron chi connectivity index (χ3n) is 4.24. The van der Waals surface area contributed by atoms with Gasteiger partial charge in [0.2, 0.25) is 0 Å². The highest BCUT2D eigenvalue weighted by atomic mass is 19.4. The molecule has 0 amide bonds. The molecule has 0 saturated carbocycles. The van der Waals surface area contributed by atoms with Crippen molar-refractivity contribution in [1.29, 1.82) is 0 Å². The van der Waals surface area contributed by atoms with Gasteiger partial charge < -0.3 is 5.32 Å². The minimum atomic E-state index is -4.26. The standard InChI is InChI=1S/C17H26F3N/c1-5-10-21-12-16(4,13(2)3)11-14-6-8-15(9-7-14)17(18,19)20/h6-9,13,21H,5,10-12H2,1-4H3. The third-order valence-corrected chi connectivity index (χ3v) is 4.24. The van der Waals surface area contributed by atoms with Crippen LogP contribution in [0.15, 0.2) is 24.3 Å². The van der Waals surface area contributed by atoms with Crippen LogP contribution >= 0.6 is 0 Å². The van der Waals surface area contributed by atoms with Gasteiger partial charge in [-0.3, -0.25) is 0 Å². The molecule has 1 aromatic carbocycles. The lowest BCUT2D eigenvalue weighted by Crippen LogP contribution is -2.38. The predicted molar refractivity (Wildman–Crippen MR) is 81.3 cm³/mol. The lowest BCUT2D eigenvalue weighted by Gasteiger charge is -2.34. The summed E-state index contributed by atoms with van der Waals surface area (Å²) in [6.07, 6.45) is -2.41. The molecule has 0 radical (unpaired) electrons. The summed E-state index contributed by atoms with van der Waals surface area (Å²) >= 11 is 0. The molecule has 0 aliphatic carbocycles. The van der Waals surface area contributed by atoms with Gasteiger partial charge in [0.1, 0.15) is 0 Å². The summed E-state index contributed by atoms with van der Waals surface area (Å²) in [6.45, 7) is 10.5. The Bertz CT molecular complexity index is 423. The fraction of sp³-hybridized carbons (Fsp3) is 0.647. The zero-order valence-corrected chi connectivity index (χ0v) is 13.3. The summed E-state index contributed by atoms with van der Waals surface area (Å²) < 4.78 is 37.7. The maximum absolute atomic E-state index is 12.6. The third kappa shape index (κ3) is 5.34. The van der Waals surface area contributed by atoms with Crippen LogP contribution in [0.1, 0.15) is 45.2 Å². The van der Waals surface area contributed by atoms with Gasteiger partial charge in [0.15, 0.2) is 0 Å². The minimum absolute atomic E-state index is 0.0366. The first-order valence-electron chi connectivity index (χ1n) is 7.56. The molecule has 21 heavy (non-hydrogen) atoms. The molecular weight excluding hydrogens is 275 g/mol. The van der Waals surface area contributed by atoms with Crippen molar-refractivity contribution in [2.24, 2.45) is 11.3 Å². The van der Waals surface area contributed by atoms with E-state index in [-0.39, 0.29) is 5.41 Å². The molecule has 120 valence electrons. The van der Waals surface area contributed by atoms with Gasteiger partial charge in [0, 0.05) is 6.54 Å². The molecule has 1 aromatic rings. The Morgan fingerprint density at radius 1 is 1.10 bits per heavy atom. The average Bonchev–Trinajstić information content (AvgIpc) is 2.38. The average molecular weight is 301 g/mol. The van der Waals surface area contributed by atoms with Gasteiger partial charge in [-0.25, -0.2) is 0 Å². The Morgan fingerprint density at radius 2 is 1.67 bits per heavy atom. The zero-order valence-electron chi connectivity index (χ0n) is 13.3. The second-order valence-corrected chi connectivity index (χ2v) is 6.36. The number of hydrogen-bond acceptors (Lipinski definition) is 1. The molecule has 1 N–H and O–H groups in total. The summed E-state index contributed by atoms with van der Waals surface area (Å²) in [5, 5.41) is 3.43. The number of alkyl halides is 3. The zero-order chi connectivity index (χ0) is 16.1. The van der Waals surface area contributed by atoms with Crippen LogP contribution in [-0.4, -0.2) is 13.1 Å². The predicted octanol–water partition coefficient (Wildman–Crippen LogP) is 4.91. The maximum Gasteiger partial charge on any atom is 0.416 e. The van der Waals surface area contributed by atoms with Crippen LogP contribution in [-0.2, 0) is 12.6 Å². The number of rotatable bonds is 7. The van der Waals surface area contributed by atoms with E-state index in [9.17, 15) is 13.2 Å². The van der Waals surface area contributed by atoms with E-state index in [1.165, 1.54) is 12.1 Å². The van der Waals surface area contributed by atoms with Crippen molar-refractivity contribution in [2.45, 2.75) is 46.7 Å². The molecule has 0 spiro atoms. The molecule has 0 heterocycles. The molecule has 0 bridgehead atoms. The van der Waals surface area contributed by atoms with Gasteiger partial charge >= 0.3 is 6.18 Å². The minimum Gasteiger partial charge on any atom is -0.316 e. The van der Waals surface area contributed by atoms with Crippen molar-refractivity contribution >= 4 is 0 Å². The van der Waals surface area contributed by atoms with Gasteiger partial charge in [-0.15, -0.1) is 0 Å². The van der Waals surface area contributed by atoms with E-state index in [0.717, 1.165) is 31.5 Å². The SMILES string of the molecule is CCCNCC(C)(Cc1ccc(C(F)(F)F)cc1)C(C)C. The van der Waals surface area contributed by atoms with Crippen molar-refractivity contribution in [2.75, 3.05) is 13.1 Å². The molecule has 1 unspecified atom stereocenters. The first-order chi connectivity index (χ1) is 9.69. The van der Waals surface area contributed by atoms with Crippen molar-refractivity contribution in [1.82, 2.24) is 5.32 Å². The van der Waals surface area contributed by atoms with Crippen LogP contribution in [0.25, 0.3) is 0 Å². The number of nitrogens with one attached hydrogen (secondary N) is 1. The lowest BCUT2D eigenvalue weighted by atomic mass is 9.74. The molecule has 1 atom stereocenters. The summed E-state index contributed by atoms with van der Waals surface area (Å²) in [7, 11) is 0. The van der Waals surface area contributed by atoms with Crippen molar-refractivity contribution in [3.63, 3.8) is 0 Å². The van der Waals surface area contributed by atoms with Crippen LogP contribution in [0.5, 0.6) is 0 Å². The van der Waals surface area contributed by atoms with Crippen molar-refractivity contribution in [3.8, 4) is 0 Å². The van der Waals surface area contributed by atoms with E-state index in [0.29, 0.717) is 5.92 Å². The fourth-order valence-electron chi connectivity index (χ4n) is 2.30. The number of hydrogen-bond donors (Lipinski definition) is 1. The highest BCUT2D eigenvalue weighted by molar-refractivity contribution is 5.25. The molecule has 0 aliphatic heterocycles. The van der Waals surface area contributed by atoms with Crippen molar-refractivity contribution in [3.05, 3.63) is 35.4 Å². The molecule has 1 rings (SSSR count). The Hall–Kier alpha value is -1.03. The lowest BCUT2D eigenvalue weighted by molar-refractivity contribution is -0.137. The van der Waals surface area contributed by atoms with Crippen LogP contribution < -0.4 is 5.32 Å². The molecule has 0 saturated heterocycles. The Kier molecular flexibility index (Phi) is 6.26. The Morgan fingerprint density at radius 3 is 2.10 bits per heavy atom. The van der Waals surface area contributed by atoms with Crippen LogP contribution in [0.3, 0.4) is 0 Å². The van der Waals surface area contributed by atoms with E-state index < -0.39 is 11.7 Å². The molecule has 0 aliphatic rings. The first-order valence-corrected chi connectivity index (χ1v) is 7.56. The Balaban J connectivity index is 2.79. The van der Waals surface area contributed by atoms with E-state index >= 15 is 0 Å². The molecule has 0 aromatic heterocycles.